The molecule has 0 fully saturated rings. The lowest BCUT2D eigenvalue weighted by molar-refractivity contribution is 0.290. The Bertz CT molecular complexity index is 148. The highest BCUT2D eigenvalue weighted by molar-refractivity contribution is 7.04. The summed E-state index contributed by atoms with van der Waals surface area (Å²) in [6.45, 7) is 9.52. The van der Waals surface area contributed by atoms with E-state index in [0.29, 0.717) is 5.33 Å². The molecule has 0 heterocycles. The first-order valence-electron chi connectivity index (χ1n) is 3.29. The fourth-order valence-corrected chi connectivity index (χ4v) is 1.57. The molecule has 1 atom stereocenters. The molecule has 0 spiro atoms. The van der Waals surface area contributed by atoms with Gasteiger partial charge in [-0.3, -0.25) is 0 Å². The van der Waals surface area contributed by atoms with Crippen molar-refractivity contribution < 1.29 is 5.11 Å². The number of hydrogen-bond acceptors (Lipinski definition) is 2. The minimum Gasteiger partial charge on any atom is -0.383 e. The number of rotatable bonds is 3. The van der Waals surface area contributed by atoms with Crippen molar-refractivity contribution in [1.29, 1.82) is 5.41 Å². The Labute approximate surface area is 63.1 Å². The molecule has 0 aromatic heterocycles. The van der Waals surface area contributed by atoms with Gasteiger partial charge in [0.2, 0.25) is 0 Å². The van der Waals surface area contributed by atoms with E-state index in [-0.39, 0.29) is 0 Å². The van der Waals surface area contributed by atoms with Crippen LogP contribution in [0.1, 0.15) is 0 Å². The molecule has 0 rings (SSSR count). The molecule has 3 heteroatoms. The van der Waals surface area contributed by atoms with Gasteiger partial charge in [0.1, 0.15) is 6.10 Å². The van der Waals surface area contributed by atoms with Gasteiger partial charge in [-0.15, -0.1) is 6.58 Å². The van der Waals surface area contributed by atoms with Crippen molar-refractivity contribution in [2.24, 2.45) is 0 Å². The van der Waals surface area contributed by atoms with Gasteiger partial charge in [-0.05, 0) is 0 Å². The predicted octanol–water partition coefficient (Wildman–Crippen LogP) is 1.43. The van der Waals surface area contributed by atoms with Gasteiger partial charge in [0.25, 0.3) is 0 Å². The van der Waals surface area contributed by atoms with Crippen LogP contribution in [0.25, 0.3) is 0 Å². The Morgan fingerprint density at radius 2 is 2.00 bits per heavy atom. The van der Waals surface area contributed by atoms with Crippen molar-refractivity contribution in [3.63, 3.8) is 0 Å². The first-order valence-corrected chi connectivity index (χ1v) is 6.79. The molecule has 0 aliphatic carbocycles. The van der Waals surface area contributed by atoms with Crippen LogP contribution in [-0.2, 0) is 0 Å². The van der Waals surface area contributed by atoms with Gasteiger partial charge in [0.15, 0.2) is 0 Å². The first-order chi connectivity index (χ1) is 4.39. The SMILES string of the molecule is C=CC(O)C(=N)[Si](C)(C)C. The molecule has 0 aromatic carbocycles. The zero-order valence-corrected chi connectivity index (χ0v) is 7.81. The maximum atomic E-state index is 9.15. The van der Waals surface area contributed by atoms with Crippen molar-refractivity contribution in [3.05, 3.63) is 12.7 Å². The molecule has 2 nitrogen and oxygen atoms in total. The third kappa shape index (κ3) is 2.45. The van der Waals surface area contributed by atoms with Gasteiger partial charge in [0, 0.05) is 5.33 Å². The fraction of sp³-hybridized carbons (Fsp3) is 0.571. The summed E-state index contributed by atoms with van der Waals surface area (Å²) < 4.78 is 0. The first kappa shape index (κ1) is 9.59. The quantitative estimate of drug-likeness (QED) is 0.363. The van der Waals surface area contributed by atoms with E-state index in [0.717, 1.165) is 0 Å². The summed E-state index contributed by atoms with van der Waals surface area (Å²) in [4.78, 5) is 0. The molecule has 0 saturated heterocycles. The van der Waals surface area contributed by atoms with E-state index in [4.69, 9.17) is 10.5 Å². The minimum absolute atomic E-state index is 0.447. The molecule has 0 saturated carbocycles. The van der Waals surface area contributed by atoms with Gasteiger partial charge in [-0.1, -0.05) is 25.7 Å². The van der Waals surface area contributed by atoms with Gasteiger partial charge in [0.05, 0.1) is 8.07 Å². The molecule has 10 heavy (non-hydrogen) atoms. The molecule has 0 bridgehead atoms. The number of nitrogens with one attached hydrogen (secondary N) is 1. The van der Waals surface area contributed by atoms with Crippen LogP contribution in [0.15, 0.2) is 12.7 Å². The Balaban J connectivity index is 4.22. The molecule has 0 aliphatic rings. The van der Waals surface area contributed by atoms with Gasteiger partial charge in [-0.25, -0.2) is 0 Å². The Kier molecular flexibility index (Phi) is 2.99. The highest BCUT2D eigenvalue weighted by Gasteiger charge is 2.23. The van der Waals surface area contributed by atoms with E-state index >= 15 is 0 Å². The highest BCUT2D eigenvalue weighted by atomic mass is 28.3. The van der Waals surface area contributed by atoms with Crippen LogP contribution in [0.2, 0.25) is 19.6 Å². The monoisotopic (exact) mass is 157 g/mol. The van der Waals surface area contributed by atoms with Crippen molar-refractivity contribution in [3.8, 4) is 0 Å². The molecule has 0 radical (unpaired) electrons. The topological polar surface area (TPSA) is 44.1 Å². The van der Waals surface area contributed by atoms with E-state index in [9.17, 15) is 0 Å². The van der Waals surface area contributed by atoms with Gasteiger partial charge >= 0.3 is 0 Å². The summed E-state index contributed by atoms with van der Waals surface area (Å²) in [7, 11) is -1.58. The molecule has 0 aliphatic heterocycles. The third-order valence-corrected chi connectivity index (χ3v) is 3.24. The smallest absolute Gasteiger partial charge is 0.105 e. The van der Waals surface area contributed by atoms with Crippen LogP contribution in [0.4, 0.5) is 0 Å². The Morgan fingerprint density at radius 3 is 2.10 bits per heavy atom. The Morgan fingerprint density at radius 1 is 1.60 bits per heavy atom. The second-order valence-electron chi connectivity index (χ2n) is 3.34. The van der Waals surface area contributed by atoms with Crippen molar-refractivity contribution in [2.75, 3.05) is 0 Å². The number of aliphatic hydroxyl groups is 1. The van der Waals surface area contributed by atoms with Crippen molar-refractivity contribution in [2.45, 2.75) is 25.7 Å². The average molecular weight is 157 g/mol. The van der Waals surface area contributed by atoms with Gasteiger partial charge < -0.3 is 10.5 Å². The summed E-state index contributed by atoms with van der Waals surface area (Å²) in [5, 5.41) is 17.1. The summed E-state index contributed by atoms with van der Waals surface area (Å²) in [6.07, 6.45) is 0.673. The maximum absolute atomic E-state index is 9.15. The van der Waals surface area contributed by atoms with Crippen molar-refractivity contribution >= 4 is 13.4 Å². The number of hydrogen-bond donors (Lipinski definition) is 2. The number of aliphatic hydroxyl groups excluding tert-OH is 1. The molecular weight excluding hydrogens is 142 g/mol. The largest absolute Gasteiger partial charge is 0.383 e. The lowest BCUT2D eigenvalue weighted by Gasteiger charge is -2.19. The second kappa shape index (κ2) is 3.12. The van der Waals surface area contributed by atoms with E-state index < -0.39 is 14.2 Å². The third-order valence-electron chi connectivity index (χ3n) is 1.33. The normalized spacial score (nSPS) is 14.4. The average Bonchev–Trinajstić information content (AvgIpc) is 1.83. The molecule has 1 unspecified atom stereocenters. The van der Waals surface area contributed by atoms with Crippen molar-refractivity contribution in [1.82, 2.24) is 0 Å². The van der Waals surface area contributed by atoms with Crippen LogP contribution in [0, 0.1) is 5.41 Å². The summed E-state index contributed by atoms with van der Waals surface area (Å²) in [5.74, 6) is 0. The van der Waals surface area contributed by atoms with E-state index in [1.807, 2.05) is 19.6 Å². The maximum Gasteiger partial charge on any atom is 0.105 e. The molecule has 0 aromatic rings. The fourth-order valence-electron chi connectivity index (χ4n) is 0.562. The van der Waals surface area contributed by atoms with Gasteiger partial charge in [-0.2, -0.15) is 0 Å². The lowest BCUT2D eigenvalue weighted by atomic mass is 10.4. The Hall–Kier alpha value is -0.413. The summed E-state index contributed by atoms with van der Waals surface area (Å²) >= 11 is 0. The minimum atomic E-state index is -1.58. The van der Waals surface area contributed by atoms with E-state index in [1.165, 1.54) is 6.08 Å². The van der Waals surface area contributed by atoms with Crippen LogP contribution < -0.4 is 0 Å². The molecule has 2 N–H and O–H groups in total. The molecule has 58 valence electrons. The standard InChI is InChI=1S/C7H15NOSi/c1-5-6(9)7(8)10(2,3)4/h5-6,8-9H,1H2,2-4H3. The van der Waals surface area contributed by atoms with E-state index in [2.05, 4.69) is 6.58 Å². The molecule has 0 amide bonds. The van der Waals surface area contributed by atoms with Crippen LogP contribution >= 0.6 is 0 Å². The molecular formula is C7H15NOSi. The highest BCUT2D eigenvalue weighted by Crippen LogP contribution is 2.06. The second-order valence-corrected chi connectivity index (χ2v) is 8.38. The summed E-state index contributed by atoms with van der Waals surface area (Å²) in [6, 6.07) is 0. The summed E-state index contributed by atoms with van der Waals surface area (Å²) in [5.41, 5.74) is 0. The van der Waals surface area contributed by atoms with Crippen LogP contribution in [0.3, 0.4) is 0 Å². The zero-order valence-electron chi connectivity index (χ0n) is 6.81. The lowest BCUT2D eigenvalue weighted by Crippen LogP contribution is -2.40. The zero-order chi connectivity index (χ0) is 8.36. The van der Waals surface area contributed by atoms with Crippen LogP contribution in [0.5, 0.6) is 0 Å². The van der Waals surface area contributed by atoms with Crippen LogP contribution in [-0.4, -0.2) is 24.6 Å². The van der Waals surface area contributed by atoms with E-state index in [1.54, 1.807) is 0 Å². The predicted molar refractivity (Wildman–Crippen MR) is 47.3 cm³/mol.